The predicted octanol–water partition coefficient (Wildman–Crippen LogP) is 1.44. The van der Waals surface area contributed by atoms with Crippen LogP contribution < -0.4 is 5.73 Å². The maximum Gasteiger partial charge on any atom is 0.0594 e. The number of nitrogens with zero attached hydrogens (tertiary/aromatic N) is 1. The van der Waals surface area contributed by atoms with Crippen LogP contribution >= 0.6 is 12.4 Å². The van der Waals surface area contributed by atoms with Crippen molar-refractivity contribution >= 4 is 12.4 Å². The Morgan fingerprint density at radius 2 is 1.81 bits per heavy atom. The number of ether oxygens (including phenoxy) is 1. The quantitative estimate of drug-likeness (QED) is 0.872. The first-order chi connectivity index (χ1) is 7.36. The molecular weight excluding hydrogens is 224 g/mol. The van der Waals surface area contributed by atoms with E-state index in [1.807, 2.05) is 18.2 Å². The van der Waals surface area contributed by atoms with Crippen molar-refractivity contribution in [1.82, 2.24) is 4.90 Å². The largest absolute Gasteiger partial charge is 0.379 e. The fourth-order valence-corrected chi connectivity index (χ4v) is 1.87. The second-order valence-corrected chi connectivity index (χ2v) is 3.93. The zero-order valence-corrected chi connectivity index (χ0v) is 10.2. The Morgan fingerprint density at radius 3 is 2.44 bits per heavy atom. The summed E-state index contributed by atoms with van der Waals surface area (Å²) in [4.78, 5) is 2.36. The highest BCUT2D eigenvalue weighted by molar-refractivity contribution is 5.85. The maximum absolute atomic E-state index is 6.14. The maximum atomic E-state index is 6.14. The van der Waals surface area contributed by atoms with Gasteiger partial charge in [-0.25, -0.2) is 0 Å². The van der Waals surface area contributed by atoms with Crippen molar-refractivity contribution in [3.63, 3.8) is 0 Å². The molecule has 90 valence electrons. The van der Waals surface area contributed by atoms with Gasteiger partial charge in [0.25, 0.3) is 0 Å². The first-order valence-corrected chi connectivity index (χ1v) is 5.47. The van der Waals surface area contributed by atoms with E-state index in [1.165, 1.54) is 5.56 Å². The molecule has 1 aromatic carbocycles. The lowest BCUT2D eigenvalue weighted by Gasteiger charge is -2.29. The van der Waals surface area contributed by atoms with Crippen LogP contribution in [0.15, 0.2) is 30.3 Å². The van der Waals surface area contributed by atoms with Gasteiger partial charge in [-0.15, -0.1) is 12.4 Å². The monoisotopic (exact) mass is 242 g/mol. The van der Waals surface area contributed by atoms with Crippen LogP contribution in [-0.4, -0.2) is 37.7 Å². The topological polar surface area (TPSA) is 38.5 Å². The molecule has 1 aliphatic rings. The predicted molar refractivity (Wildman–Crippen MR) is 67.9 cm³/mol. The van der Waals surface area contributed by atoms with Gasteiger partial charge in [-0.1, -0.05) is 30.3 Å². The third kappa shape index (κ3) is 3.76. The van der Waals surface area contributed by atoms with E-state index >= 15 is 0 Å². The Morgan fingerprint density at radius 1 is 1.19 bits per heavy atom. The fraction of sp³-hybridized carbons (Fsp3) is 0.500. The molecule has 2 N–H and O–H groups in total. The molecule has 0 amide bonds. The van der Waals surface area contributed by atoms with Gasteiger partial charge in [0, 0.05) is 25.7 Å². The first-order valence-electron chi connectivity index (χ1n) is 5.47. The number of morpholine rings is 1. The van der Waals surface area contributed by atoms with Gasteiger partial charge >= 0.3 is 0 Å². The second kappa shape index (κ2) is 6.86. The minimum atomic E-state index is 0. The number of hydrogen-bond donors (Lipinski definition) is 1. The van der Waals surface area contributed by atoms with E-state index < -0.39 is 0 Å². The summed E-state index contributed by atoms with van der Waals surface area (Å²) in [5.41, 5.74) is 7.36. The van der Waals surface area contributed by atoms with Crippen molar-refractivity contribution in [3.05, 3.63) is 35.9 Å². The SMILES string of the molecule is Cl.N[C@H](CN1CCOCC1)c1ccccc1. The molecule has 0 aliphatic carbocycles. The molecule has 0 aromatic heterocycles. The molecule has 1 saturated heterocycles. The van der Waals surface area contributed by atoms with E-state index in [2.05, 4.69) is 17.0 Å². The third-order valence-corrected chi connectivity index (χ3v) is 2.79. The van der Waals surface area contributed by atoms with E-state index in [9.17, 15) is 0 Å². The number of rotatable bonds is 3. The van der Waals surface area contributed by atoms with Gasteiger partial charge in [0.05, 0.1) is 13.2 Å². The zero-order valence-electron chi connectivity index (χ0n) is 9.34. The fourth-order valence-electron chi connectivity index (χ4n) is 1.87. The van der Waals surface area contributed by atoms with Crippen LogP contribution in [0.25, 0.3) is 0 Å². The summed E-state index contributed by atoms with van der Waals surface area (Å²) in [5, 5.41) is 0. The Bertz CT molecular complexity index is 288. The molecule has 1 fully saturated rings. The minimum Gasteiger partial charge on any atom is -0.379 e. The standard InChI is InChI=1S/C12H18N2O.ClH/c13-12(11-4-2-1-3-5-11)10-14-6-8-15-9-7-14;/h1-5,12H,6-10,13H2;1H/t12-;/m1./s1. The minimum absolute atomic E-state index is 0. The van der Waals surface area contributed by atoms with Crippen molar-refractivity contribution in [2.75, 3.05) is 32.8 Å². The van der Waals surface area contributed by atoms with Gasteiger partial charge in [0.2, 0.25) is 0 Å². The normalized spacial score (nSPS) is 18.8. The molecule has 2 rings (SSSR count). The summed E-state index contributed by atoms with van der Waals surface area (Å²) in [6, 6.07) is 10.4. The van der Waals surface area contributed by atoms with Crippen molar-refractivity contribution in [3.8, 4) is 0 Å². The van der Waals surface area contributed by atoms with Gasteiger partial charge in [0.1, 0.15) is 0 Å². The summed E-state index contributed by atoms with van der Waals surface area (Å²) in [6.45, 7) is 4.59. The number of halogens is 1. The molecular formula is C12H19ClN2O. The molecule has 0 spiro atoms. The van der Waals surface area contributed by atoms with E-state index in [0.29, 0.717) is 0 Å². The van der Waals surface area contributed by atoms with E-state index in [4.69, 9.17) is 10.5 Å². The summed E-state index contributed by atoms with van der Waals surface area (Å²) in [6.07, 6.45) is 0. The van der Waals surface area contributed by atoms with Gasteiger partial charge in [-0.3, -0.25) is 4.90 Å². The van der Waals surface area contributed by atoms with Crippen molar-refractivity contribution < 1.29 is 4.74 Å². The average molecular weight is 243 g/mol. The van der Waals surface area contributed by atoms with Crippen LogP contribution in [0.5, 0.6) is 0 Å². The van der Waals surface area contributed by atoms with Crippen molar-refractivity contribution in [1.29, 1.82) is 0 Å². The highest BCUT2D eigenvalue weighted by atomic mass is 35.5. The Labute approximate surface area is 103 Å². The summed E-state index contributed by atoms with van der Waals surface area (Å²) >= 11 is 0. The molecule has 3 nitrogen and oxygen atoms in total. The molecule has 1 aliphatic heterocycles. The lowest BCUT2D eigenvalue weighted by atomic mass is 10.1. The van der Waals surface area contributed by atoms with Crippen molar-refractivity contribution in [2.24, 2.45) is 5.73 Å². The van der Waals surface area contributed by atoms with E-state index in [1.54, 1.807) is 0 Å². The number of hydrogen-bond acceptors (Lipinski definition) is 3. The molecule has 0 bridgehead atoms. The zero-order chi connectivity index (χ0) is 10.5. The van der Waals surface area contributed by atoms with Gasteiger partial charge in [-0.2, -0.15) is 0 Å². The molecule has 1 aromatic rings. The average Bonchev–Trinajstić information content (AvgIpc) is 2.31. The lowest BCUT2D eigenvalue weighted by molar-refractivity contribution is 0.0352. The van der Waals surface area contributed by atoms with Gasteiger partial charge < -0.3 is 10.5 Å². The van der Waals surface area contributed by atoms with Crippen molar-refractivity contribution in [2.45, 2.75) is 6.04 Å². The summed E-state index contributed by atoms with van der Waals surface area (Å²) < 4.78 is 5.30. The number of nitrogens with two attached hydrogens (primary N) is 1. The van der Waals surface area contributed by atoms with Crippen LogP contribution in [0.2, 0.25) is 0 Å². The highest BCUT2D eigenvalue weighted by Crippen LogP contribution is 2.11. The van der Waals surface area contributed by atoms with Gasteiger partial charge in [0.15, 0.2) is 0 Å². The van der Waals surface area contributed by atoms with Gasteiger partial charge in [-0.05, 0) is 5.56 Å². The summed E-state index contributed by atoms with van der Waals surface area (Å²) in [7, 11) is 0. The molecule has 0 radical (unpaired) electrons. The third-order valence-electron chi connectivity index (χ3n) is 2.79. The molecule has 16 heavy (non-hydrogen) atoms. The van der Waals surface area contributed by atoms with Crippen LogP contribution in [0.3, 0.4) is 0 Å². The Balaban J connectivity index is 0.00000128. The number of benzene rings is 1. The first kappa shape index (κ1) is 13.5. The molecule has 0 saturated carbocycles. The highest BCUT2D eigenvalue weighted by Gasteiger charge is 2.14. The molecule has 0 unspecified atom stereocenters. The Hall–Kier alpha value is -0.610. The van der Waals surface area contributed by atoms with Crippen LogP contribution in [0, 0.1) is 0 Å². The van der Waals surface area contributed by atoms with E-state index in [-0.39, 0.29) is 18.4 Å². The molecule has 4 heteroatoms. The summed E-state index contributed by atoms with van der Waals surface area (Å²) in [5.74, 6) is 0. The van der Waals surface area contributed by atoms with Crippen LogP contribution in [0.1, 0.15) is 11.6 Å². The van der Waals surface area contributed by atoms with E-state index in [0.717, 1.165) is 32.8 Å². The van der Waals surface area contributed by atoms with Crippen LogP contribution in [-0.2, 0) is 4.74 Å². The second-order valence-electron chi connectivity index (χ2n) is 3.93. The smallest absolute Gasteiger partial charge is 0.0594 e. The Kier molecular flexibility index (Phi) is 5.77. The molecule has 1 atom stereocenters. The lowest BCUT2D eigenvalue weighted by Crippen LogP contribution is -2.40. The van der Waals surface area contributed by atoms with Crippen LogP contribution in [0.4, 0.5) is 0 Å². The molecule has 1 heterocycles.